The highest BCUT2D eigenvalue weighted by Crippen LogP contribution is 2.31. The quantitative estimate of drug-likeness (QED) is 0.134. The Hall–Kier alpha value is -4.35. The van der Waals surface area contributed by atoms with E-state index in [1.807, 2.05) is 103 Å². The molecule has 176 valence electrons. The number of carbonyl (C=O) groups excluding carboxylic acids is 1. The largest absolute Gasteiger partial charge is 0.288 e. The summed E-state index contributed by atoms with van der Waals surface area (Å²) in [5.74, 6) is -0.0613. The number of thiazole rings is 1. The Morgan fingerprint density at radius 3 is 2.11 bits per heavy atom. The molecule has 0 spiro atoms. The fraction of sp³-hybridized carbons (Fsp3) is 0.0645. The highest BCUT2D eigenvalue weighted by Gasteiger charge is 2.19. The van der Waals surface area contributed by atoms with Crippen molar-refractivity contribution in [1.29, 1.82) is 0 Å². The van der Waals surface area contributed by atoms with E-state index >= 15 is 0 Å². The van der Waals surface area contributed by atoms with E-state index in [0.717, 1.165) is 33.7 Å². The number of hydrogen-bond donors (Lipinski definition) is 0. The summed E-state index contributed by atoms with van der Waals surface area (Å²) in [6.45, 7) is 3.86. The van der Waals surface area contributed by atoms with Crippen LogP contribution in [0.3, 0.4) is 0 Å². The second-order valence-corrected chi connectivity index (χ2v) is 9.44. The van der Waals surface area contributed by atoms with Gasteiger partial charge >= 0.3 is 0 Å². The standard InChI is InChI=1S/C31H25N3OS/c1-22(20-24-12-6-3-7-13-24)18-19-29(35)30-23(2)32-31(36-30)34-28(26-16-10-5-11-17-26)21-27(33-34)25-14-8-4-9-15-25/h3-21H,1-2H3/b19-18-,22-20-. The van der Waals surface area contributed by atoms with Crippen LogP contribution in [0, 0.1) is 6.92 Å². The summed E-state index contributed by atoms with van der Waals surface area (Å²) in [5.41, 5.74) is 6.66. The third-order valence-electron chi connectivity index (χ3n) is 5.73. The fourth-order valence-electron chi connectivity index (χ4n) is 3.94. The zero-order valence-electron chi connectivity index (χ0n) is 20.1. The molecule has 2 heterocycles. The maximum atomic E-state index is 13.1. The monoisotopic (exact) mass is 487 g/mol. The summed E-state index contributed by atoms with van der Waals surface area (Å²) in [5, 5.41) is 5.56. The first-order valence-corrected chi connectivity index (χ1v) is 12.5. The molecule has 0 unspecified atom stereocenters. The molecule has 5 rings (SSSR count). The van der Waals surface area contributed by atoms with Gasteiger partial charge in [-0.15, -0.1) is 0 Å². The average molecular weight is 488 g/mol. The summed E-state index contributed by atoms with van der Waals surface area (Å²) >= 11 is 1.36. The van der Waals surface area contributed by atoms with Gasteiger partial charge in [-0.25, -0.2) is 9.67 Å². The molecule has 5 heteroatoms. The zero-order chi connectivity index (χ0) is 24.9. The number of benzene rings is 3. The number of aromatic nitrogens is 3. The van der Waals surface area contributed by atoms with Crippen molar-refractivity contribution in [2.45, 2.75) is 13.8 Å². The van der Waals surface area contributed by atoms with Crippen LogP contribution < -0.4 is 0 Å². The van der Waals surface area contributed by atoms with Gasteiger partial charge < -0.3 is 0 Å². The molecule has 0 atom stereocenters. The Balaban J connectivity index is 1.48. The lowest BCUT2D eigenvalue weighted by molar-refractivity contribution is 0.104. The van der Waals surface area contributed by atoms with Crippen LogP contribution >= 0.6 is 11.3 Å². The van der Waals surface area contributed by atoms with E-state index in [1.54, 1.807) is 6.08 Å². The molecule has 0 bridgehead atoms. The molecule has 0 aliphatic carbocycles. The van der Waals surface area contributed by atoms with Crippen LogP contribution in [0.1, 0.15) is 27.9 Å². The van der Waals surface area contributed by atoms with Gasteiger partial charge in [-0.05, 0) is 31.6 Å². The van der Waals surface area contributed by atoms with E-state index in [2.05, 4.69) is 24.3 Å². The predicted octanol–water partition coefficient (Wildman–Crippen LogP) is 7.81. The van der Waals surface area contributed by atoms with E-state index in [9.17, 15) is 4.79 Å². The first-order chi connectivity index (χ1) is 17.6. The minimum Gasteiger partial charge on any atom is -0.288 e. The summed E-state index contributed by atoms with van der Waals surface area (Å²) in [6, 6.07) is 32.3. The van der Waals surface area contributed by atoms with Crippen molar-refractivity contribution in [3.63, 3.8) is 0 Å². The normalized spacial score (nSPS) is 11.8. The number of aryl methyl sites for hydroxylation is 1. The second kappa shape index (κ2) is 10.5. The van der Waals surface area contributed by atoms with Crippen LogP contribution in [-0.4, -0.2) is 20.5 Å². The van der Waals surface area contributed by atoms with E-state index in [0.29, 0.717) is 15.7 Å². The molecule has 0 saturated heterocycles. The molecule has 4 nitrogen and oxygen atoms in total. The topological polar surface area (TPSA) is 47.8 Å². The van der Waals surface area contributed by atoms with Crippen molar-refractivity contribution in [3.05, 3.63) is 131 Å². The van der Waals surface area contributed by atoms with Crippen LogP contribution in [0.15, 0.2) is 115 Å². The SMILES string of the molecule is CC(/C=C\C(=O)c1sc(-n2nc(-c3ccccc3)cc2-c2ccccc2)nc1C)=C/c1ccccc1. The van der Waals surface area contributed by atoms with Crippen molar-refractivity contribution < 1.29 is 4.79 Å². The smallest absolute Gasteiger partial charge is 0.211 e. The summed E-state index contributed by atoms with van der Waals surface area (Å²) in [6.07, 6.45) is 5.52. The highest BCUT2D eigenvalue weighted by molar-refractivity contribution is 7.16. The lowest BCUT2D eigenvalue weighted by Crippen LogP contribution is -1.98. The Labute approximate surface area is 214 Å². The van der Waals surface area contributed by atoms with Gasteiger partial charge in [0.1, 0.15) is 0 Å². The number of allylic oxidation sites excluding steroid dienone is 3. The lowest BCUT2D eigenvalue weighted by Gasteiger charge is -2.03. The van der Waals surface area contributed by atoms with Crippen molar-refractivity contribution in [3.8, 4) is 27.6 Å². The number of hydrogen-bond acceptors (Lipinski definition) is 4. The molecule has 0 saturated carbocycles. The fourth-order valence-corrected chi connectivity index (χ4v) is 4.89. The Morgan fingerprint density at radius 1 is 0.833 bits per heavy atom. The molecule has 2 aromatic heterocycles. The molecule has 5 aromatic rings. The Bertz CT molecular complexity index is 1550. The second-order valence-electron chi connectivity index (χ2n) is 8.47. The molecule has 36 heavy (non-hydrogen) atoms. The molecule has 0 aliphatic heterocycles. The average Bonchev–Trinajstić information content (AvgIpc) is 3.53. The van der Waals surface area contributed by atoms with Crippen LogP contribution in [0.25, 0.3) is 33.7 Å². The van der Waals surface area contributed by atoms with Gasteiger partial charge in [-0.1, -0.05) is 120 Å². The molecule has 0 aliphatic rings. The van der Waals surface area contributed by atoms with E-state index < -0.39 is 0 Å². The van der Waals surface area contributed by atoms with E-state index in [-0.39, 0.29) is 5.78 Å². The molecule has 0 N–H and O–H groups in total. The van der Waals surface area contributed by atoms with Crippen LogP contribution in [0.2, 0.25) is 0 Å². The van der Waals surface area contributed by atoms with Crippen LogP contribution in [-0.2, 0) is 0 Å². The minimum absolute atomic E-state index is 0.0613. The minimum atomic E-state index is -0.0613. The third kappa shape index (κ3) is 5.16. The van der Waals surface area contributed by atoms with Crippen molar-refractivity contribution in [2.75, 3.05) is 0 Å². The summed E-state index contributed by atoms with van der Waals surface area (Å²) in [7, 11) is 0. The van der Waals surface area contributed by atoms with Gasteiger partial charge in [0.15, 0.2) is 5.78 Å². The molecule has 0 amide bonds. The van der Waals surface area contributed by atoms with Gasteiger partial charge in [0, 0.05) is 11.1 Å². The van der Waals surface area contributed by atoms with Crippen LogP contribution in [0.4, 0.5) is 0 Å². The van der Waals surface area contributed by atoms with Crippen molar-refractivity contribution >= 4 is 23.2 Å². The molecule has 0 fully saturated rings. The van der Waals surface area contributed by atoms with Crippen molar-refractivity contribution in [1.82, 2.24) is 14.8 Å². The molecule has 3 aromatic carbocycles. The number of carbonyl (C=O) groups is 1. The van der Waals surface area contributed by atoms with Crippen LogP contribution in [0.5, 0.6) is 0 Å². The number of nitrogens with zero attached hydrogens (tertiary/aromatic N) is 3. The predicted molar refractivity (Wildman–Crippen MR) is 148 cm³/mol. The van der Waals surface area contributed by atoms with Gasteiger partial charge in [0.05, 0.1) is 22.0 Å². The number of ketones is 1. The highest BCUT2D eigenvalue weighted by atomic mass is 32.1. The van der Waals surface area contributed by atoms with Gasteiger partial charge in [-0.2, -0.15) is 5.10 Å². The summed E-state index contributed by atoms with van der Waals surface area (Å²) in [4.78, 5) is 18.4. The molecular formula is C31H25N3OS. The Kier molecular flexibility index (Phi) is 6.83. The molecule has 0 radical (unpaired) electrons. The van der Waals surface area contributed by atoms with E-state index in [4.69, 9.17) is 10.1 Å². The summed E-state index contributed by atoms with van der Waals surface area (Å²) < 4.78 is 1.84. The Morgan fingerprint density at radius 2 is 1.44 bits per heavy atom. The van der Waals surface area contributed by atoms with Crippen molar-refractivity contribution in [2.24, 2.45) is 0 Å². The zero-order valence-corrected chi connectivity index (χ0v) is 20.9. The third-order valence-corrected chi connectivity index (χ3v) is 6.88. The molecular weight excluding hydrogens is 462 g/mol. The number of rotatable bonds is 7. The first kappa shape index (κ1) is 23.4. The van der Waals surface area contributed by atoms with E-state index in [1.165, 1.54) is 11.3 Å². The van der Waals surface area contributed by atoms with Gasteiger partial charge in [0.25, 0.3) is 0 Å². The lowest BCUT2D eigenvalue weighted by atomic mass is 10.1. The maximum absolute atomic E-state index is 13.1. The van der Waals surface area contributed by atoms with Gasteiger partial charge in [0.2, 0.25) is 5.13 Å². The maximum Gasteiger partial charge on any atom is 0.211 e. The van der Waals surface area contributed by atoms with Gasteiger partial charge in [-0.3, -0.25) is 4.79 Å². The first-order valence-electron chi connectivity index (χ1n) is 11.7.